The molecule has 3 rings (SSSR count). The summed E-state index contributed by atoms with van der Waals surface area (Å²) < 4.78 is 16.2. The largest absolute Gasteiger partial charge is 0.495 e. The van der Waals surface area contributed by atoms with Gasteiger partial charge in [0.2, 0.25) is 5.91 Å². The molecule has 1 aliphatic rings. The maximum Gasteiger partial charge on any atom is 0.224 e. The van der Waals surface area contributed by atoms with E-state index in [1.165, 1.54) is 0 Å². The molecule has 0 aromatic heterocycles. The molecule has 6 heteroatoms. The zero-order valence-electron chi connectivity index (χ0n) is 14.8. The fraction of sp³-hybridized carbons (Fsp3) is 0.300. The third-order valence-electron chi connectivity index (χ3n) is 4.07. The highest BCUT2D eigenvalue weighted by atomic mass is 16.6. The van der Waals surface area contributed by atoms with Crippen LogP contribution in [-0.2, 0) is 4.79 Å². The average Bonchev–Trinajstić information content (AvgIpc) is 2.66. The first kappa shape index (κ1) is 17.8. The molecule has 26 heavy (non-hydrogen) atoms. The number of fused-ring (bicyclic) bond motifs is 1. The van der Waals surface area contributed by atoms with E-state index in [1.54, 1.807) is 31.4 Å². The third-order valence-corrected chi connectivity index (χ3v) is 4.07. The van der Waals surface area contributed by atoms with E-state index >= 15 is 0 Å². The maximum absolute atomic E-state index is 12.4. The summed E-state index contributed by atoms with van der Waals surface area (Å²) in [6, 6.07) is 10.6. The number of carbonyl (C=O) groups excluding carboxylic acids is 2. The Morgan fingerprint density at radius 1 is 1.04 bits per heavy atom. The van der Waals surface area contributed by atoms with Crippen LogP contribution in [0.2, 0.25) is 0 Å². The number of anilines is 1. The number of carbonyl (C=O) groups is 2. The predicted molar refractivity (Wildman–Crippen MR) is 97.4 cm³/mol. The van der Waals surface area contributed by atoms with Crippen molar-refractivity contribution in [1.29, 1.82) is 0 Å². The molecular weight excluding hydrogens is 334 g/mol. The zero-order valence-corrected chi connectivity index (χ0v) is 14.8. The van der Waals surface area contributed by atoms with Gasteiger partial charge in [0.15, 0.2) is 17.3 Å². The lowest BCUT2D eigenvalue weighted by Crippen LogP contribution is -2.16. The smallest absolute Gasteiger partial charge is 0.224 e. The highest BCUT2D eigenvalue weighted by Gasteiger charge is 2.16. The monoisotopic (exact) mass is 355 g/mol. The van der Waals surface area contributed by atoms with Crippen molar-refractivity contribution >= 4 is 17.4 Å². The Bertz CT molecular complexity index is 831. The van der Waals surface area contributed by atoms with Gasteiger partial charge in [0.25, 0.3) is 0 Å². The van der Waals surface area contributed by atoms with Crippen LogP contribution in [-0.4, -0.2) is 32.0 Å². The van der Waals surface area contributed by atoms with Crippen molar-refractivity contribution < 1.29 is 23.8 Å². The molecule has 136 valence electrons. The SMILES string of the molecule is COc1ccc(C)cc1NC(=O)CCC(=O)c1ccc2c(c1)OCCO2. The number of Topliss-reactive ketones (excluding diaryl/α,β-unsaturated/α-hetero) is 1. The van der Waals surface area contributed by atoms with Gasteiger partial charge in [0.05, 0.1) is 12.8 Å². The molecule has 1 heterocycles. The Hall–Kier alpha value is -3.02. The van der Waals surface area contributed by atoms with Crippen LogP contribution in [0.5, 0.6) is 17.2 Å². The lowest BCUT2D eigenvalue weighted by molar-refractivity contribution is -0.116. The molecule has 0 spiro atoms. The number of aryl methyl sites for hydroxylation is 1. The second kappa shape index (κ2) is 7.91. The quantitative estimate of drug-likeness (QED) is 0.804. The number of nitrogens with one attached hydrogen (secondary N) is 1. The number of hydrogen-bond donors (Lipinski definition) is 1. The fourth-order valence-electron chi connectivity index (χ4n) is 2.72. The van der Waals surface area contributed by atoms with E-state index in [0.29, 0.717) is 41.7 Å². The van der Waals surface area contributed by atoms with Crippen LogP contribution in [0, 0.1) is 6.92 Å². The minimum atomic E-state index is -0.236. The molecule has 2 aromatic carbocycles. The summed E-state index contributed by atoms with van der Waals surface area (Å²) in [4.78, 5) is 24.6. The van der Waals surface area contributed by atoms with E-state index in [1.807, 2.05) is 19.1 Å². The van der Waals surface area contributed by atoms with Crippen molar-refractivity contribution in [2.45, 2.75) is 19.8 Å². The Kier molecular flexibility index (Phi) is 5.41. The van der Waals surface area contributed by atoms with Gasteiger partial charge in [0.1, 0.15) is 19.0 Å². The highest BCUT2D eigenvalue weighted by Crippen LogP contribution is 2.31. The number of amides is 1. The standard InChI is InChI=1S/C20H21NO5/c1-13-3-6-17(24-2)15(11-13)21-20(23)8-5-16(22)14-4-7-18-19(12-14)26-10-9-25-18/h3-4,6-7,11-12H,5,8-10H2,1-2H3,(H,21,23). The fourth-order valence-corrected chi connectivity index (χ4v) is 2.72. The van der Waals surface area contributed by atoms with Gasteiger partial charge in [-0.2, -0.15) is 0 Å². The van der Waals surface area contributed by atoms with E-state index in [-0.39, 0.29) is 24.5 Å². The van der Waals surface area contributed by atoms with Crippen LogP contribution in [0.15, 0.2) is 36.4 Å². The normalized spacial score (nSPS) is 12.4. The second-order valence-electron chi connectivity index (χ2n) is 6.03. The van der Waals surface area contributed by atoms with Crippen LogP contribution in [0.4, 0.5) is 5.69 Å². The molecule has 0 saturated heterocycles. The Labute approximate surface area is 152 Å². The molecule has 0 atom stereocenters. The lowest BCUT2D eigenvalue weighted by atomic mass is 10.1. The van der Waals surface area contributed by atoms with Crippen molar-refractivity contribution in [2.75, 3.05) is 25.6 Å². The van der Waals surface area contributed by atoms with Gasteiger partial charge in [-0.3, -0.25) is 9.59 Å². The molecule has 0 unspecified atom stereocenters. The van der Waals surface area contributed by atoms with Crippen LogP contribution in [0.25, 0.3) is 0 Å². The second-order valence-corrected chi connectivity index (χ2v) is 6.03. The van der Waals surface area contributed by atoms with Gasteiger partial charge in [0, 0.05) is 18.4 Å². The average molecular weight is 355 g/mol. The topological polar surface area (TPSA) is 73.9 Å². The molecule has 0 bridgehead atoms. The summed E-state index contributed by atoms with van der Waals surface area (Å²) in [6.45, 7) is 2.90. The molecule has 2 aromatic rings. The number of ketones is 1. The molecule has 1 amide bonds. The summed E-state index contributed by atoms with van der Waals surface area (Å²) in [7, 11) is 1.55. The number of methoxy groups -OCH3 is 1. The molecule has 0 aliphatic carbocycles. The van der Waals surface area contributed by atoms with Gasteiger partial charge in [-0.05, 0) is 42.8 Å². The van der Waals surface area contributed by atoms with Crippen LogP contribution < -0.4 is 19.5 Å². The first-order valence-corrected chi connectivity index (χ1v) is 8.44. The minimum absolute atomic E-state index is 0.0877. The van der Waals surface area contributed by atoms with Crippen molar-refractivity contribution in [2.24, 2.45) is 0 Å². The molecule has 6 nitrogen and oxygen atoms in total. The first-order valence-electron chi connectivity index (χ1n) is 8.44. The van der Waals surface area contributed by atoms with Gasteiger partial charge >= 0.3 is 0 Å². The summed E-state index contributed by atoms with van der Waals surface area (Å²) >= 11 is 0. The van der Waals surface area contributed by atoms with Crippen molar-refractivity contribution in [3.63, 3.8) is 0 Å². The van der Waals surface area contributed by atoms with Crippen LogP contribution in [0.3, 0.4) is 0 Å². The summed E-state index contributed by atoms with van der Waals surface area (Å²) in [6.07, 6.45) is 0.198. The number of benzene rings is 2. The van der Waals surface area contributed by atoms with E-state index in [4.69, 9.17) is 14.2 Å². The number of hydrogen-bond acceptors (Lipinski definition) is 5. The van der Waals surface area contributed by atoms with Gasteiger partial charge < -0.3 is 19.5 Å². The van der Waals surface area contributed by atoms with Gasteiger partial charge in [-0.1, -0.05) is 6.07 Å². The van der Waals surface area contributed by atoms with E-state index < -0.39 is 0 Å². The Morgan fingerprint density at radius 2 is 1.81 bits per heavy atom. The van der Waals surface area contributed by atoms with E-state index in [9.17, 15) is 9.59 Å². The molecule has 1 aliphatic heterocycles. The lowest BCUT2D eigenvalue weighted by Gasteiger charge is -2.18. The van der Waals surface area contributed by atoms with Crippen LogP contribution in [0.1, 0.15) is 28.8 Å². The number of ether oxygens (including phenoxy) is 3. The maximum atomic E-state index is 12.4. The van der Waals surface area contributed by atoms with Crippen LogP contribution >= 0.6 is 0 Å². The van der Waals surface area contributed by atoms with Gasteiger partial charge in [-0.15, -0.1) is 0 Å². The van der Waals surface area contributed by atoms with E-state index in [2.05, 4.69) is 5.32 Å². The summed E-state index contributed by atoms with van der Waals surface area (Å²) in [5, 5.41) is 2.80. The molecule has 1 N–H and O–H groups in total. The van der Waals surface area contributed by atoms with Crippen molar-refractivity contribution in [1.82, 2.24) is 0 Å². The van der Waals surface area contributed by atoms with Crippen molar-refractivity contribution in [3.05, 3.63) is 47.5 Å². The summed E-state index contributed by atoms with van der Waals surface area (Å²) in [5.74, 6) is 1.43. The number of rotatable bonds is 6. The molecule has 0 saturated carbocycles. The van der Waals surface area contributed by atoms with Gasteiger partial charge in [-0.25, -0.2) is 0 Å². The Morgan fingerprint density at radius 3 is 2.58 bits per heavy atom. The predicted octanol–water partition coefficient (Wildman–Crippen LogP) is 3.38. The highest BCUT2D eigenvalue weighted by molar-refractivity contribution is 6.00. The molecule has 0 radical (unpaired) electrons. The Balaban J connectivity index is 1.59. The first-order chi connectivity index (χ1) is 12.6. The molecule has 0 fully saturated rings. The third kappa shape index (κ3) is 4.14. The van der Waals surface area contributed by atoms with E-state index in [0.717, 1.165) is 5.56 Å². The molecular formula is C20H21NO5. The minimum Gasteiger partial charge on any atom is -0.495 e. The summed E-state index contributed by atoms with van der Waals surface area (Å²) in [5.41, 5.74) is 2.12. The zero-order chi connectivity index (χ0) is 18.5. The van der Waals surface area contributed by atoms with Crippen molar-refractivity contribution in [3.8, 4) is 17.2 Å².